The maximum Gasteiger partial charge on any atom is 0.261 e. The summed E-state index contributed by atoms with van der Waals surface area (Å²) in [5, 5.41) is 10.8. The summed E-state index contributed by atoms with van der Waals surface area (Å²) in [6, 6.07) is 12.4. The van der Waals surface area contributed by atoms with Gasteiger partial charge in [0.15, 0.2) is 11.5 Å². The van der Waals surface area contributed by atoms with Crippen LogP contribution in [0.25, 0.3) is 10.9 Å². The number of nitrogens with zero attached hydrogens (tertiary/aromatic N) is 2. The Labute approximate surface area is 149 Å². The van der Waals surface area contributed by atoms with Gasteiger partial charge in [-0.1, -0.05) is 12.1 Å². The Balaban J connectivity index is 1.47. The van der Waals surface area contributed by atoms with Gasteiger partial charge in [0.05, 0.1) is 17.4 Å². The number of ether oxygens (including phenoxy) is 3. The summed E-state index contributed by atoms with van der Waals surface area (Å²) in [7, 11) is 0. The zero-order chi connectivity index (χ0) is 18.1. The standard InChI is InChI=1S/C19H18N2O5/c1-12-20-16-5-3-2-4-15(16)19(23)21(12)9-13(22)10-24-14-6-7-17-18(8-14)26-11-25-17/h2-8,13,22H,9-11H2,1H3/t13-/m0/s1. The highest BCUT2D eigenvalue weighted by atomic mass is 16.7. The third kappa shape index (κ3) is 3.09. The molecule has 0 saturated heterocycles. The van der Waals surface area contributed by atoms with E-state index in [1.165, 1.54) is 4.57 Å². The molecule has 0 bridgehead atoms. The predicted molar refractivity (Wildman–Crippen MR) is 94.8 cm³/mol. The van der Waals surface area contributed by atoms with E-state index in [-0.39, 0.29) is 25.5 Å². The van der Waals surface area contributed by atoms with Crippen LogP contribution in [0.3, 0.4) is 0 Å². The highest BCUT2D eigenvalue weighted by Crippen LogP contribution is 2.35. The highest BCUT2D eigenvalue weighted by Gasteiger charge is 2.16. The predicted octanol–water partition coefficient (Wildman–Crippen LogP) is 1.87. The molecule has 2 aromatic carbocycles. The second-order valence-corrected chi connectivity index (χ2v) is 6.07. The Morgan fingerprint density at radius 1 is 1.23 bits per heavy atom. The lowest BCUT2D eigenvalue weighted by Crippen LogP contribution is -2.32. The molecule has 26 heavy (non-hydrogen) atoms. The summed E-state index contributed by atoms with van der Waals surface area (Å²) in [6.45, 7) is 2.09. The summed E-state index contributed by atoms with van der Waals surface area (Å²) in [5.74, 6) is 2.40. The van der Waals surface area contributed by atoms with Gasteiger partial charge < -0.3 is 19.3 Å². The molecule has 0 amide bonds. The number of aliphatic hydroxyl groups is 1. The lowest BCUT2D eigenvalue weighted by atomic mass is 10.2. The summed E-state index contributed by atoms with van der Waals surface area (Å²) in [6.07, 6.45) is -0.861. The molecule has 3 aromatic rings. The minimum atomic E-state index is -0.861. The minimum absolute atomic E-state index is 0.0400. The number of benzene rings is 2. The van der Waals surface area contributed by atoms with Crippen LogP contribution in [0.4, 0.5) is 0 Å². The van der Waals surface area contributed by atoms with Crippen molar-refractivity contribution < 1.29 is 19.3 Å². The van der Waals surface area contributed by atoms with Crippen LogP contribution in [0, 0.1) is 6.92 Å². The van der Waals surface area contributed by atoms with E-state index in [9.17, 15) is 9.90 Å². The fraction of sp³-hybridized carbons (Fsp3) is 0.263. The average molecular weight is 354 g/mol. The number of aryl methyl sites for hydroxylation is 1. The van der Waals surface area contributed by atoms with Crippen molar-refractivity contribution in [3.8, 4) is 17.2 Å². The molecule has 1 aliphatic heterocycles. The summed E-state index contributed by atoms with van der Waals surface area (Å²) >= 11 is 0. The van der Waals surface area contributed by atoms with Gasteiger partial charge >= 0.3 is 0 Å². The number of hydrogen-bond donors (Lipinski definition) is 1. The first kappa shape index (κ1) is 16.4. The maximum atomic E-state index is 12.6. The van der Waals surface area contributed by atoms with Crippen LogP contribution in [0.2, 0.25) is 0 Å². The number of aliphatic hydroxyl groups excluding tert-OH is 1. The molecule has 0 spiro atoms. The number of rotatable bonds is 5. The molecule has 0 fully saturated rings. The number of fused-ring (bicyclic) bond motifs is 2. The van der Waals surface area contributed by atoms with Crippen molar-refractivity contribution in [3.05, 3.63) is 58.6 Å². The Kier molecular flexibility index (Phi) is 4.22. The molecule has 1 aliphatic rings. The molecule has 134 valence electrons. The molecule has 0 aliphatic carbocycles. The SMILES string of the molecule is Cc1nc2ccccc2c(=O)n1C[C@H](O)COc1ccc2c(c1)OCO2. The fourth-order valence-electron chi connectivity index (χ4n) is 2.92. The molecule has 1 aromatic heterocycles. The molecule has 2 heterocycles. The molecule has 4 rings (SSSR count). The van der Waals surface area contributed by atoms with E-state index >= 15 is 0 Å². The number of hydrogen-bond acceptors (Lipinski definition) is 6. The average Bonchev–Trinajstić information content (AvgIpc) is 3.11. The molecule has 0 unspecified atom stereocenters. The van der Waals surface area contributed by atoms with Crippen LogP contribution in [-0.2, 0) is 6.54 Å². The quantitative estimate of drug-likeness (QED) is 0.753. The van der Waals surface area contributed by atoms with Gasteiger partial charge in [-0.05, 0) is 31.2 Å². The van der Waals surface area contributed by atoms with Crippen molar-refractivity contribution in [2.24, 2.45) is 0 Å². The topological polar surface area (TPSA) is 82.8 Å². The Hall–Kier alpha value is -3.06. The van der Waals surface area contributed by atoms with Gasteiger partial charge in [-0.15, -0.1) is 0 Å². The first-order valence-electron chi connectivity index (χ1n) is 8.28. The molecule has 7 heteroatoms. The molecule has 0 saturated carbocycles. The molecule has 0 radical (unpaired) electrons. The Bertz CT molecular complexity index is 1010. The van der Waals surface area contributed by atoms with Gasteiger partial charge in [-0.2, -0.15) is 0 Å². The normalized spacial score (nSPS) is 13.8. The van der Waals surface area contributed by atoms with Gasteiger partial charge in [0.2, 0.25) is 6.79 Å². The lowest BCUT2D eigenvalue weighted by Gasteiger charge is -2.16. The summed E-state index contributed by atoms with van der Waals surface area (Å²) in [4.78, 5) is 17.1. The van der Waals surface area contributed by atoms with Crippen LogP contribution >= 0.6 is 0 Å². The van der Waals surface area contributed by atoms with Crippen LogP contribution in [0.1, 0.15) is 5.82 Å². The van der Waals surface area contributed by atoms with Gasteiger partial charge in [0.1, 0.15) is 24.3 Å². The largest absolute Gasteiger partial charge is 0.491 e. The highest BCUT2D eigenvalue weighted by molar-refractivity contribution is 5.77. The van der Waals surface area contributed by atoms with Crippen LogP contribution in [-0.4, -0.2) is 34.2 Å². The van der Waals surface area contributed by atoms with Crippen molar-refractivity contribution in [2.75, 3.05) is 13.4 Å². The lowest BCUT2D eigenvalue weighted by molar-refractivity contribution is 0.0907. The van der Waals surface area contributed by atoms with E-state index in [1.54, 1.807) is 43.3 Å². The molecule has 1 atom stereocenters. The van der Waals surface area contributed by atoms with Crippen molar-refractivity contribution in [1.82, 2.24) is 9.55 Å². The first-order chi connectivity index (χ1) is 12.6. The second-order valence-electron chi connectivity index (χ2n) is 6.07. The number of aromatic nitrogens is 2. The monoisotopic (exact) mass is 354 g/mol. The Morgan fingerprint density at radius 2 is 2.04 bits per heavy atom. The number of para-hydroxylation sites is 1. The van der Waals surface area contributed by atoms with Gasteiger partial charge in [-0.25, -0.2) is 4.98 Å². The molecule has 1 N–H and O–H groups in total. The van der Waals surface area contributed by atoms with Crippen molar-refractivity contribution >= 4 is 10.9 Å². The van der Waals surface area contributed by atoms with E-state index in [1.807, 2.05) is 6.07 Å². The van der Waals surface area contributed by atoms with Crippen molar-refractivity contribution in [3.63, 3.8) is 0 Å². The maximum absolute atomic E-state index is 12.6. The van der Waals surface area contributed by atoms with Crippen LogP contribution in [0.5, 0.6) is 17.2 Å². The zero-order valence-corrected chi connectivity index (χ0v) is 14.2. The van der Waals surface area contributed by atoms with E-state index in [0.717, 1.165) is 0 Å². The third-order valence-electron chi connectivity index (χ3n) is 4.23. The smallest absolute Gasteiger partial charge is 0.261 e. The Morgan fingerprint density at radius 3 is 2.92 bits per heavy atom. The summed E-state index contributed by atoms with van der Waals surface area (Å²) < 4.78 is 17.6. The molecular weight excluding hydrogens is 336 g/mol. The van der Waals surface area contributed by atoms with Gasteiger partial charge in [0, 0.05) is 6.07 Å². The van der Waals surface area contributed by atoms with E-state index in [2.05, 4.69) is 4.98 Å². The first-order valence-corrected chi connectivity index (χ1v) is 8.28. The summed E-state index contributed by atoms with van der Waals surface area (Å²) in [5.41, 5.74) is 0.479. The van der Waals surface area contributed by atoms with Crippen LogP contribution in [0.15, 0.2) is 47.3 Å². The van der Waals surface area contributed by atoms with E-state index in [0.29, 0.717) is 34.0 Å². The van der Waals surface area contributed by atoms with Gasteiger partial charge in [0.25, 0.3) is 5.56 Å². The molecule has 7 nitrogen and oxygen atoms in total. The van der Waals surface area contributed by atoms with E-state index < -0.39 is 6.10 Å². The van der Waals surface area contributed by atoms with Gasteiger partial charge in [-0.3, -0.25) is 9.36 Å². The van der Waals surface area contributed by atoms with E-state index in [4.69, 9.17) is 14.2 Å². The minimum Gasteiger partial charge on any atom is -0.491 e. The van der Waals surface area contributed by atoms with Crippen LogP contribution < -0.4 is 19.8 Å². The molecular formula is C19H18N2O5. The fourth-order valence-corrected chi connectivity index (χ4v) is 2.92. The third-order valence-corrected chi connectivity index (χ3v) is 4.23. The second kappa shape index (κ2) is 6.68. The zero-order valence-electron chi connectivity index (χ0n) is 14.2. The van der Waals surface area contributed by atoms with Crippen molar-refractivity contribution in [1.29, 1.82) is 0 Å². The van der Waals surface area contributed by atoms with Crippen molar-refractivity contribution in [2.45, 2.75) is 19.6 Å².